The second-order valence-corrected chi connectivity index (χ2v) is 12.5. The highest BCUT2D eigenvalue weighted by atomic mass is 35.5. The van der Waals surface area contributed by atoms with Gasteiger partial charge >= 0.3 is 5.97 Å². The fourth-order valence-electron chi connectivity index (χ4n) is 5.47. The van der Waals surface area contributed by atoms with Gasteiger partial charge in [-0.2, -0.15) is 9.41 Å². The number of carbonyl (C=O) groups is 1. The third kappa shape index (κ3) is 6.98. The minimum atomic E-state index is -0.594. The van der Waals surface area contributed by atoms with Gasteiger partial charge in [-0.1, -0.05) is 78.3 Å². The number of rotatable bonds is 8. The van der Waals surface area contributed by atoms with Gasteiger partial charge in [0.05, 0.1) is 17.2 Å². The van der Waals surface area contributed by atoms with Crippen LogP contribution in [0.5, 0.6) is 0 Å². The Labute approximate surface area is 272 Å². The van der Waals surface area contributed by atoms with E-state index in [0.29, 0.717) is 34.0 Å². The predicted octanol–water partition coefficient (Wildman–Crippen LogP) is 7.61. The smallest absolute Gasteiger partial charge is 0.338 e. The quantitative estimate of drug-likeness (QED) is 0.0976. The minimum Gasteiger partial charge on any atom is -0.618 e. The van der Waals surface area contributed by atoms with Gasteiger partial charge in [0.25, 0.3) is 0 Å². The third-order valence-corrected chi connectivity index (χ3v) is 7.80. The van der Waals surface area contributed by atoms with Crippen LogP contribution < -0.4 is 4.73 Å². The van der Waals surface area contributed by atoms with Gasteiger partial charge in [0.2, 0.25) is 5.69 Å². The fraction of sp³-hybridized carbons (Fsp3) is 0.162. The van der Waals surface area contributed by atoms with Crippen LogP contribution in [-0.2, 0) is 11.2 Å². The Morgan fingerprint density at radius 1 is 0.891 bits per heavy atom. The maximum Gasteiger partial charge on any atom is 0.338 e. The largest absolute Gasteiger partial charge is 0.618 e. The first-order chi connectivity index (χ1) is 22.1. The minimum absolute atomic E-state index is 0.263. The van der Waals surface area contributed by atoms with E-state index in [2.05, 4.69) is 33.7 Å². The first-order valence-electron chi connectivity index (χ1n) is 14.9. The zero-order valence-corrected chi connectivity index (χ0v) is 26.4. The summed E-state index contributed by atoms with van der Waals surface area (Å²) in [6.07, 6.45) is 3.68. The number of pyridine rings is 1. The van der Waals surface area contributed by atoms with Gasteiger partial charge in [0.15, 0.2) is 6.20 Å². The van der Waals surface area contributed by atoms with Crippen molar-refractivity contribution in [3.05, 3.63) is 154 Å². The van der Waals surface area contributed by atoms with Crippen LogP contribution in [0.15, 0.2) is 122 Å². The molecule has 0 aliphatic heterocycles. The van der Waals surface area contributed by atoms with Gasteiger partial charge < -0.3 is 9.94 Å². The number of carbonyl (C=O) groups excluding carboxylic acids is 1. The highest BCUT2D eigenvalue weighted by Crippen LogP contribution is 2.33. The molecule has 4 aromatic carbocycles. The maximum atomic E-state index is 13.9. The van der Waals surface area contributed by atoms with E-state index in [-0.39, 0.29) is 11.9 Å². The molecule has 0 spiro atoms. The Hall–Kier alpha value is -5.34. The van der Waals surface area contributed by atoms with Crippen molar-refractivity contribution in [1.82, 2.24) is 20.2 Å². The number of hydrogen-bond acceptors (Lipinski definition) is 6. The van der Waals surface area contributed by atoms with E-state index < -0.39 is 5.60 Å². The average Bonchev–Trinajstić information content (AvgIpc) is 3.59. The number of nitrogens with zero attached hydrogens (tertiary/aromatic N) is 5. The van der Waals surface area contributed by atoms with Crippen molar-refractivity contribution in [2.75, 3.05) is 0 Å². The topological polar surface area (TPSA) is 96.8 Å². The molecule has 230 valence electrons. The fourth-order valence-corrected chi connectivity index (χ4v) is 5.65. The molecule has 0 saturated carbocycles. The number of esters is 1. The van der Waals surface area contributed by atoms with Crippen molar-refractivity contribution in [1.29, 1.82) is 0 Å². The van der Waals surface area contributed by atoms with E-state index in [1.54, 1.807) is 24.4 Å². The third-order valence-electron chi connectivity index (χ3n) is 7.57. The van der Waals surface area contributed by atoms with Gasteiger partial charge in [0.1, 0.15) is 11.9 Å². The summed E-state index contributed by atoms with van der Waals surface area (Å²) in [6, 6.07) is 34.8. The van der Waals surface area contributed by atoms with Gasteiger partial charge in [-0.05, 0) is 96.3 Å². The summed E-state index contributed by atoms with van der Waals surface area (Å²) in [7, 11) is 0. The van der Waals surface area contributed by atoms with Gasteiger partial charge in [-0.3, -0.25) is 0 Å². The molecule has 0 amide bonds. The summed E-state index contributed by atoms with van der Waals surface area (Å²) < 4.78 is 8.07. The summed E-state index contributed by atoms with van der Waals surface area (Å²) in [5.74, 6) is -0.635. The highest BCUT2D eigenvalue weighted by molar-refractivity contribution is 6.31. The molecule has 8 nitrogen and oxygen atoms in total. The van der Waals surface area contributed by atoms with Crippen LogP contribution in [-0.4, -0.2) is 31.8 Å². The summed E-state index contributed by atoms with van der Waals surface area (Å²) >= 11 is 6.37. The van der Waals surface area contributed by atoms with Crippen molar-refractivity contribution < 1.29 is 14.3 Å². The first kappa shape index (κ1) is 30.7. The van der Waals surface area contributed by atoms with Crippen molar-refractivity contribution >= 4 is 17.6 Å². The van der Waals surface area contributed by atoms with Crippen molar-refractivity contribution in [2.24, 2.45) is 0 Å². The zero-order chi connectivity index (χ0) is 32.3. The number of benzene rings is 4. The number of tetrazole rings is 1. The summed E-state index contributed by atoms with van der Waals surface area (Å²) in [5.41, 5.74) is 6.47. The van der Waals surface area contributed by atoms with Crippen LogP contribution in [0.25, 0.3) is 27.9 Å². The molecule has 6 rings (SSSR count). The van der Waals surface area contributed by atoms with Crippen LogP contribution in [0.1, 0.15) is 53.9 Å². The van der Waals surface area contributed by atoms with E-state index in [4.69, 9.17) is 16.3 Å². The monoisotopic (exact) mass is 629 g/mol. The van der Waals surface area contributed by atoms with E-state index >= 15 is 0 Å². The Bertz CT molecular complexity index is 1990. The number of halogens is 1. The van der Waals surface area contributed by atoms with Crippen molar-refractivity contribution in [2.45, 2.75) is 38.7 Å². The molecular weight excluding hydrogens is 598 g/mol. The lowest BCUT2D eigenvalue weighted by molar-refractivity contribution is -0.614. The second-order valence-electron chi connectivity index (χ2n) is 12.0. The Balaban J connectivity index is 1.39. The van der Waals surface area contributed by atoms with Crippen LogP contribution in [0, 0.1) is 5.21 Å². The molecular formula is C37H32ClN5O3. The van der Waals surface area contributed by atoms with Crippen molar-refractivity contribution in [3.8, 4) is 27.9 Å². The highest BCUT2D eigenvalue weighted by Gasteiger charge is 2.25. The summed E-state index contributed by atoms with van der Waals surface area (Å²) in [4.78, 5) is 12.8. The molecule has 1 unspecified atom stereocenters. The van der Waals surface area contributed by atoms with E-state index in [0.717, 1.165) is 32.5 Å². The van der Waals surface area contributed by atoms with Gasteiger partial charge in [0, 0.05) is 22.2 Å². The lowest BCUT2D eigenvalue weighted by atomic mass is 9.87. The molecule has 0 aliphatic rings. The Morgan fingerprint density at radius 2 is 1.65 bits per heavy atom. The van der Waals surface area contributed by atoms with Crippen LogP contribution in [0.2, 0.25) is 5.02 Å². The maximum absolute atomic E-state index is 13.9. The molecule has 9 heteroatoms. The molecule has 0 radical (unpaired) electrons. The predicted molar refractivity (Wildman–Crippen MR) is 178 cm³/mol. The van der Waals surface area contributed by atoms with Crippen LogP contribution >= 0.6 is 11.6 Å². The van der Waals surface area contributed by atoms with Crippen LogP contribution in [0.3, 0.4) is 0 Å². The molecule has 6 aromatic rings. The number of aromatic nitrogens is 5. The molecule has 0 fully saturated rings. The molecule has 2 heterocycles. The molecule has 1 atom stereocenters. The van der Waals surface area contributed by atoms with Gasteiger partial charge in [-0.15, -0.1) is 5.10 Å². The average molecular weight is 630 g/mol. The van der Waals surface area contributed by atoms with Gasteiger partial charge in [-0.25, -0.2) is 4.79 Å². The summed E-state index contributed by atoms with van der Waals surface area (Å²) in [5, 5.41) is 25.9. The summed E-state index contributed by atoms with van der Waals surface area (Å²) in [6.45, 7) is 5.55. The molecule has 0 bridgehead atoms. The number of hydrogen-bond donors (Lipinski definition) is 0. The number of ether oxygens (including phenoxy) is 1. The molecule has 0 saturated heterocycles. The van der Waals surface area contributed by atoms with E-state index in [9.17, 15) is 10.0 Å². The van der Waals surface area contributed by atoms with Crippen molar-refractivity contribution in [3.63, 3.8) is 0 Å². The van der Waals surface area contributed by atoms with Crippen LogP contribution in [0.4, 0.5) is 0 Å². The zero-order valence-electron chi connectivity index (χ0n) is 25.7. The Morgan fingerprint density at radius 3 is 2.37 bits per heavy atom. The normalized spacial score (nSPS) is 12.1. The standard InChI is InChI=1S/C37H32ClN5O3/c1-37(2,3)46-36(44)29-14-8-12-27(21-29)26-11-7-13-28(20-26)32(19-25-9-5-4-6-10-25)35-17-15-30(23-43(35)45)33-22-31(38)16-18-34(33)42-24-39-40-41-42/h4-18,20-24,32H,19H2,1-3H3. The molecule has 0 aliphatic carbocycles. The van der Waals surface area contributed by atoms with E-state index in [1.165, 1.54) is 11.0 Å². The SMILES string of the molecule is CC(C)(C)OC(=O)c1cccc(-c2cccc(C(Cc3ccccc3)c3ccc(-c4cc(Cl)ccc4-n4cnnn4)c[n+]3[O-])c2)c1. The molecule has 46 heavy (non-hydrogen) atoms. The molecule has 2 aromatic heterocycles. The Kier molecular flexibility index (Phi) is 8.63. The lowest BCUT2D eigenvalue weighted by Gasteiger charge is -2.20. The first-order valence-corrected chi connectivity index (χ1v) is 15.3. The van der Waals surface area contributed by atoms with E-state index in [1.807, 2.05) is 93.6 Å². The lowest BCUT2D eigenvalue weighted by Crippen LogP contribution is -2.34. The second kappa shape index (κ2) is 12.9. The molecule has 0 N–H and O–H groups in total.